The monoisotopic (exact) mass is 313 g/mol. The molecule has 124 valence electrons. The molecule has 2 aromatic carbocycles. The summed E-state index contributed by atoms with van der Waals surface area (Å²) in [5, 5.41) is 12.2. The Hall–Kier alpha value is -1.84. The maximum atomic E-state index is 8.75. The number of aliphatic hydroxyl groups is 1. The zero-order valence-electron chi connectivity index (χ0n) is 13.9. The Morgan fingerprint density at radius 2 is 1.78 bits per heavy atom. The van der Waals surface area contributed by atoms with Crippen molar-refractivity contribution in [1.29, 1.82) is 0 Å². The van der Waals surface area contributed by atoms with Crippen LogP contribution in [0.25, 0.3) is 0 Å². The number of hydrogen-bond acceptors (Lipinski definition) is 3. The molecule has 3 heteroatoms. The molecule has 0 radical (unpaired) electrons. The molecule has 0 unspecified atom stereocenters. The van der Waals surface area contributed by atoms with Crippen LogP contribution in [0, 0.1) is 6.92 Å². The Labute approximate surface area is 139 Å². The Morgan fingerprint density at radius 3 is 2.61 bits per heavy atom. The van der Waals surface area contributed by atoms with Crippen LogP contribution in [-0.4, -0.2) is 18.3 Å². The van der Waals surface area contributed by atoms with E-state index in [4.69, 9.17) is 9.84 Å². The zero-order valence-corrected chi connectivity index (χ0v) is 13.9. The SMILES string of the molecule is Cc1cccc(COc2cccc(CNCCCCCO)c2)c1. The van der Waals surface area contributed by atoms with Gasteiger partial charge in [0.1, 0.15) is 12.4 Å². The van der Waals surface area contributed by atoms with Gasteiger partial charge in [0.2, 0.25) is 0 Å². The topological polar surface area (TPSA) is 41.5 Å². The number of unbranched alkanes of at least 4 members (excludes halogenated alkanes) is 2. The number of nitrogens with one attached hydrogen (secondary N) is 1. The fourth-order valence-electron chi connectivity index (χ4n) is 2.49. The fourth-order valence-corrected chi connectivity index (χ4v) is 2.49. The van der Waals surface area contributed by atoms with Crippen LogP contribution in [-0.2, 0) is 13.2 Å². The largest absolute Gasteiger partial charge is 0.489 e. The van der Waals surface area contributed by atoms with Crippen LogP contribution in [0.3, 0.4) is 0 Å². The number of benzene rings is 2. The van der Waals surface area contributed by atoms with Crippen LogP contribution in [0.1, 0.15) is 36.0 Å². The van der Waals surface area contributed by atoms with E-state index < -0.39 is 0 Å². The number of aliphatic hydroxyl groups excluding tert-OH is 1. The van der Waals surface area contributed by atoms with E-state index in [1.54, 1.807) is 0 Å². The third kappa shape index (κ3) is 6.85. The predicted octanol–water partition coefficient (Wildman–Crippen LogP) is 3.83. The molecule has 0 atom stereocenters. The Kier molecular flexibility index (Phi) is 7.64. The summed E-state index contributed by atoms with van der Waals surface area (Å²) in [5.41, 5.74) is 3.68. The molecule has 0 amide bonds. The van der Waals surface area contributed by atoms with Crippen molar-refractivity contribution in [1.82, 2.24) is 5.32 Å². The number of aryl methyl sites for hydroxylation is 1. The van der Waals surface area contributed by atoms with Gasteiger partial charge in [-0.05, 0) is 56.0 Å². The summed E-state index contributed by atoms with van der Waals surface area (Å²) in [6.07, 6.45) is 3.07. The standard InChI is InChI=1S/C20H27NO2/c1-17-7-5-9-19(13-17)16-23-20-10-6-8-18(14-20)15-21-11-3-2-4-12-22/h5-10,13-14,21-22H,2-4,11-12,15-16H2,1H3. The molecule has 2 aromatic rings. The number of ether oxygens (including phenoxy) is 1. The summed E-state index contributed by atoms with van der Waals surface area (Å²) in [6.45, 7) is 4.81. The van der Waals surface area contributed by atoms with Gasteiger partial charge < -0.3 is 15.2 Å². The van der Waals surface area contributed by atoms with E-state index in [1.165, 1.54) is 16.7 Å². The first kappa shape index (κ1) is 17.5. The molecule has 0 saturated carbocycles. The average molecular weight is 313 g/mol. The molecule has 0 aromatic heterocycles. The molecular formula is C20H27NO2. The molecular weight excluding hydrogens is 286 g/mol. The first-order valence-corrected chi connectivity index (χ1v) is 8.37. The summed E-state index contributed by atoms with van der Waals surface area (Å²) >= 11 is 0. The summed E-state index contributed by atoms with van der Waals surface area (Å²) in [6, 6.07) is 16.6. The third-order valence-electron chi connectivity index (χ3n) is 3.73. The minimum Gasteiger partial charge on any atom is -0.489 e. The lowest BCUT2D eigenvalue weighted by atomic mass is 10.1. The van der Waals surface area contributed by atoms with Gasteiger partial charge >= 0.3 is 0 Å². The predicted molar refractivity (Wildman–Crippen MR) is 94.6 cm³/mol. The van der Waals surface area contributed by atoms with Crippen molar-refractivity contribution in [2.75, 3.05) is 13.2 Å². The van der Waals surface area contributed by atoms with E-state index in [-0.39, 0.29) is 0 Å². The van der Waals surface area contributed by atoms with Crippen molar-refractivity contribution in [3.63, 3.8) is 0 Å². The summed E-state index contributed by atoms with van der Waals surface area (Å²) in [7, 11) is 0. The van der Waals surface area contributed by atoms with Crippen LogP contribution in [0.4, 0.5) is 0 Å². The van der Waals surface area contributed by atoms with Gasteiger partial charge in [0.05, 0.1) is 0 Å². The highest BCUT2D eigenvalue weighted by molar-refractivity contribution is 5.29. The maximum Gasteiger partial charge on any atom is 0.120 e. The van der Waals surface area contributed by atoms with E-state index in [0.29, 0.717) is 13.2 Å². The molecule has 0 fully saturated rings. The second-order valence-electron chi connectivity index (χ2n) is 5.89. The van der Waals surface area contributed by atoms with Crippen molar-refractivity contribution in [3.05, 3.63) is 65.2 Å². The second kappa shape index (κ2) is 10.0. The van der Waals surface area contributed by atoms with Gasteiger partial charge in [0, 0.05) is 13.2 Å². The molecule has 0 saturated heterocycles. The van der Waals surface area contributed by atoms with Crippen LogP contribution in [0.5, 0.6) is 5.75 Å². The van der Waals surface area contributed by atoms with Crippen molar-refractivity contribution < 1.29 is 9.84 Å². The van der Waals surface area contributed by atoms with Crippen LogP contribution in [0.15, 0.2) is 48.5 Å². The van der Waals surface area contributed by atoms with E-state index in [2.05, 4.69) is 48.6 Å². The highest BCUT2D eigenvalue weighted by atomic mass is 16.5. The smallest absolute Gasteiger partial charge is 0.120 e. The molecule has 3 nitrogen and oxygen atoms in total. The molecule has 2 rings (SSSR count). The quantitative estimate of drug-likeness (QED) is 0.655. The normalized spacial score (nSPS) is 10.7. The van der Waals surface area contributed by atoms with Crippen molar-refractivity contribution in [3.8, 4) is 5.75 Å². The lowest BCUT2D eigenvalue weighted by Crippen LogP contribution is -2.14. The molecule has 0 aliphatic carbocycles. The first-order chi connectivity index (χ1) is 11.3. The van der Waals surface area contributed by atoms with Crippen molar-refractivity contribution >= 4 is 0 Å². The van der Waals surface area contributed by atoms with Gasteiger partial charge in [-0.15, -0.1) is 0 Å². The Balaban J connectivity index is 1.75. The van der Waals surface area contributed by atoms with E-state index in [9.17, 15) is 0 Å². The molecule has 0 bridgehead atoms. The first-order valence-electron chi connectivity index (χ1n) is 8.37. The van der Waals surface area contributed by atoms with Crippen LogP contribution < -0.4 is 10.1 Å². The lowest BCUT2D eigenvalue weighted by Gasteiger charge is -2.09. The third-order valence-corrected chi connectivity index (χ3v) is 3.73. The minimum absolute atomic E-state index is 0.292. The number of hydrogen-bond donors (Lipinski definition) is 2. The van der Waals surface area contributed by atoms with Crippen LogP contribution in [0.2, 0.25) is 0 Å². The molecule has 0 aliphatic rings. The van der Waals surface area contributed by atoms with E-state index in [1.807, 2.05) is 12.1 Å². The molecule has 23 heavy (non-hydrogen) atoms. The minimum atomic E-state index is 0.292. The van der Waals surface area contributed by atoms with Crippen molar-refractivity contribution in [2.24, 2.45) is 0 Å². The summed E-state index contributed by atoms with van der Waals surface area (Å²) < 4.78 is 5.89. The van der Waals surface area contributed by atoms with Gasteiger partial charge in [-0.1, -0.05) is 42.0 Å². The van der Waals surface area contributed by atoms with Gasteiger partial charge in [-0.3, -0.25) is 0 Å². The molecule has 0 aliphatic heterocycles. The average Bonchev–Trinajstić information content (AvgIpc) is 2.57. The Morgan fingerprint density at radius 1 is 0.957 bits per heavy atom. The van der Waals surface area contributed by atoms with Crippen LogP contribution >= 0.6 is 0 Å². The highest BCUT2D eigenvalue weighted by Gasteiger charge is 1.99. The highest BCUT2D eigenvalue weighted by Crippen LogP contribution is 2.15. The van der Waals surface area contributed by atoms with Gasteiger partial charge in [0.15, 0.2) is 0 Å². The second-order valence-corrected chi connectivity index (χ2v) is 5.89. The van der Waals surface area contributed by atoms with Gasteiger partial charge in [0.25, 0.3) is 0 Å². The Bertz CT molecular complexity index is 583. The maximum absolute atomic E-state index is 8.75. The number of rotatable bonds is 10. The fraction of sp³-hybridized carbons (Fsp3) is 0.400. The van der Waals surface area contributed by atoms with E-state index >= 15 is 0 Å². The lowest BCUT2D eigenvalue weighted by molar-refractivity contribution is 0.283. The summed E-state index contributed by atoms with van der Waals surface area (Å²) in [4.78, 5) is 0. The summed E-state index contributed by atoms with van der Waals surface area (Å²) in [5.74, 6) is 0.908. The molecule has 2 N–H and O–H groups in total. The molecule has 0 spiro atoms. The molecule has 0 heterocycles. The zero-order chi connectivity index (χ0) is 16.3. The van der Waals surface area contributed by atoms with Gasteiger partial charge in [-0.2, -0.15) is 0 Å². The van der Waals surface area contributed by atoms with Gasteiger partial charge in [-0.25, -0.2) is 0 Å². The van der Waals surface area contributed by atoms with Crippen molar-refractivity contribution in [2.45, 2.75) is 39.3 Å². The van der Waals surface area contributed by atoms with E-state index in [0.717, 1.165) is 38.1 Å².